The molecule has 3 aromatic rings. The van der Waals surface area contributed by atoms with Gasteiger partial charge in [-0.3, -0.25) is 9.11 Å². The molecule has 3 rings (SSSR count). The van der Waals surface area contributed by atoms with E-state index in [2.05, 4.69) is 35.3 Å². The molecular weight excluding hydrogens is 314 g/mol. The largest absolute Gasteiger partial charge is 0.394 e. The molecule has 1 heterocycles. The predicted molar refractivity (Wildman–Crippen MR) is 91.3 cm³/mol. The summed E-state index contributed by atoms with van der Waals surface area (Å²) in [6.45, 7) is 0. The van der Waals surface area contributed by atoms with Crippen molar-refractivity contribution in [1.82, 2.24) is 4.98 Å². The zero-order valence-electron chi connectivity index (χ0n) is 12.1. The molecule has 0 saturated carbocycles. The molecule has 0 aliphatic heterocycles. The molecular formula is C17H15NO4S. The van der Waals surface area contributed by atoms with Gasteiger partial charge in [-0.1, -0.05) is 60.7 Å². The molecule has 2 N–H and O–H groups in total. The number of benzene rings is 2. The minimum absolute atomic E-state index is 0.984. The Kier molecular flexibility index (Phi) is 5.59. The summed E-state index contributed by atoms with van der Waals surface area (Å²) in [5.74, 6) is 0. The van der Waals surface area contributed by atoms with E-state index >= 15 is 0 Å². The third kappa shape index (κ3) is 6.39. The fourth-order valence-electron chi connectivity index (χ4n) is 1.92. The lowest BCUT2D eigenvalue weighted by molar-refractivity contribution is 0.381. The summed E-state index contributed by atoms with van der Waals surface area (Å²) in [6.07, 6.45) is 4.12. The highest BCUT2D eigenvalue weighted by Gasteiger charge is 1.94. The maximum absolute atomic E-state index is 8.74. The second-order valence-corrected chi connectivity index (χ2v) is 5.52. The average molecular weight is 329 g/mol. The van der Waals surface area contributed by atoms with Crippen molar-refractivity contribution in [2.75, 3.05) is 0 Å². The van der Waals surface area contributed by atoms with Gasteiger partial charge in [0.05, 0.1) is 11.2 Å². The number of fused-ring (bicyclic) bond motifs is 1. The molecule has 1 aromatic heterocycles. The smallest absolute Gasteiger partial charge is 0.264 e. The number of pyridine rings is 1. The molecule has 0 aliphatic carbocycles. The highest BCUT2D eigenvalue weighted by Crippen LogP contribution is 2.13. The van der Waals surface area contributed by atoms with Crippen LogP contribution in [0.4, 0.5) is 0 Å². The van der Waals surface area contributed by atoms with E-state index in [1.54, 1.807) is 0 Å². The molecule has 23 heavy (non-hydrogen) atoms. The summed E-state index contributed by atoms with van der Waals surface area (Å²) in [5.41, 5.74) is 3.21. The van der Waals surface area contributed by atoms with Crippen molar-refractivity contribution in [3.8, 4) is 0 Å². The van der Waals surface area contributed by atoms with E-state index in [0.717, 1.165) is 11.2 Å². The fraction of sp³-hybridized carbons (Fsp3) is 0. The number of nitrogens with zero attached hydrogens (tertiary/aromatic N) is 1. The molecule has 0 radical (unpaired) electrons. The molecule has 0 saturated heterocycles. The molecule has 0 atom stereocenters. The Bertz CT molecular complexity index is 898. The van der Waals surface area contributed by atoms with Crippen molar-refractivity contribution in [2.45, 2.75) is 0 Å². The van der Waals surface area contributed by atoms with Gasteiger partial charge in [0.25, 0.3) is 0 Å². The van der Waals surface area contributed by atoms with E-state index in [1.807, 2.05) is 48.5 Å². The molecule has 0 fully saturated rings. The number of hydrogen-bond donors (Lipinski definition) is 2. The summed E-state index contributed by atoms with van der Waals surface area (Å²) in [5, 5.41) is 1.18. The molecule has 0 bridgehead atoms. The van der Waals surface area contributed by atoms with E-state index in [4.69, 9.17) is 17.5 Å². The molecule has 0 aliphatic rings. The van der Waals surface area contributed by atoms with Gasteiger partial charge in [-0.2, -0.15) is 8.42 Å². The molecule has 0 amide bonds. The van der Waals surface area contributed by atoms with Crippen molar-refractivity contribution < 1.29 is 17.5 Å². The van der Waals surface area contributed by atoms with Gasteiger partial charge < -0.3 is 0 Å². The van der Waals surface area contributed by atoms with Crippen LogP contribution in [-0.4, -0.2) is 22.5 Å². The fourth-order valence-corrected chi connectivity index (χ4v) is 1.92. The minimum atomic E-state index is -4.67. The van der Waals surface area contributed by atoms with E-state index in [9.17, 15) is 0 Å². The zero-order valence-corrected chi connectivity index (χ0v) is 12.9. The summed E-state index contributed by atoms with van der Waals surface area (Å²) >= 11 is 0. The van der Waals surface area contributed by atoms with Crippen LogP contribution in [0.3, 0.4) is 0 Å². The lowest BCUT2D eigenvalue weighted by atomic mass is 10.1. The van der Waals surface area contributed by atoms with E-state index in [1.165, 1.54) is 10.9 Å². The third-order valence-electron chi connectivity index (χ3n) is 2.87. The quantitative estimate of drug-likeness (QED) is 0.699. The summed E-state index contributed by atoms with van der Waals surface area (Å²) in [4.78, 5) is 4.60. The van der Waals surface area contributed by atoms with Crippen molar-refractivity contribution in [2.24, 2.45) is 0 Å². The topological polar surface area (TPSA) is 87.5 Å². The van der Waals surface area contributed by atoms with Crippen LogP contribution in [-0.2, 0) is 10.4 Å². The van der Waals surface area contributed by atoms with Gasteiger partial charge in [-0.25, -0.2) is 4.98 Å². The van der Waals surface area contributed by atoms with Crippen LogP contribution < -0.4 is 0 Å². The predicted octanol–water partition coefficient (Wildman–Crippen LogP) is 3.75. The maximum atomic E-state index is 8.74. The van der Waals surface area contributed by atoms with Gasteiger partial charge in [0.2, 0.25) is 0 Å². The summed E-state index contributed by atoms with van der Waals surface area (Å²) < 4.78 is 31.6. The van der Waals surface area contributed by atoms with Gasteiger partial charge in [0, 0.05) is 5.39 Å². The van der Waals surface area contributed by atoms with Crippen LogP contribution in [0.1, 0.15) is 11.3 Å². The van der Waals surface area contributed by atoms with Crippen molar-refractivity contribution >= 4 is 33.5 Å². The van der Waals surface area contributed by atoms with E-state index in [-0.39, 0.29) is 0 Å². The second kappa shape index (κ2) is 7.64. The van der Waals surface area contributed by atoms with Crippen molar-refractivity contribution in [3.63, 3.8) is 0 Å². The number of rotatable bonds is 2. The molecule has 2 aromatic carbocycles. The zero-order chi connectivity index (χ0) is 16.7. The molecule has 6 heteroatoms. The Hall–Kier alpha value is -2.54. The Morgan fingerprint density at radius 1 is 0.783 bits per heavy atom. The van der Waals surface area contributed by atoms with Crippen LogP contribution in [0.5, 0.6) is 0 Å². The molecule has 0 spiro atoms. The van der Waals surface area contributed by atoms with Crippen LogP contribution in [0.15, 0.2) is 66.7 Å². The maximum Gasteiger partial charge on any atom is 0.394 e. The van der Waals surface area contributed by atoms with E-state index in [0.29, 0.717) is 0 Å². The first-order valence-corrected chi connectivity index (χ1v) is 8.10. The molecule has 118 valence electrons. The lowest BCUT2D eigenvalue weighted by Crippen LogP contribution is -1.89. The Morgan fingerprint density at radius 3 is 2.09 bits per heavy atom. The highest BCUT2D eigenvalue weighted by atomic mass is 32.3. The van der Waals surface area contributed by atoms with Gasteiger partial charge in [-0.15, -0.1) is 0 Å². The van der Waals surface area contributed by atoms with Gasteiger partial charge >= 0.3 is 10.4 Å². The minimum Gasteiger partial charge on any atom is -0.264 e. The Morgan fingerprint density at radius 2 is 1.39 bits per heavy atom. The first-order chi connectivity index (χ1) is 10.9. The second-order valence-electron chi connectivity index (χ2n) is 4.62. The lowest BCUT2D eigenvalue weighted by Gasteiger charge is -1.98. The Labute approximate surface area is 134 Å². The van der Waals surface area contributed by atoms with Crippen molar-refractivity contribution in [1.29, 1.82) is 0 Å². The Balaban J connectivity index is 0.000000338. The normalized spacial score (nSPS) is 11.2. The van der Waals surface area contributed by atoms with Crippen LogP contribution in [0.2, 0.25) is 0 Å². The SMILES string of the molecule is C(=C\c1ccc2ccccc2n1)/c1ccccc1.O=S(=O)(O)O. The van der Waals surface area contributed by atoms with Crippen LogP contribution in [0, 0.1) is 0 Å². The number of hydrogen-bond acceptors (Lipinski definition) is 3. The van der Waals surface area contributed by atoms with Gasteiger partial charge in [0.1, 0.15) is 0 Å². The standard InChI is InChI=1S/C17H13N.H2O4S/c1-2-6-14(7-3-1)10-12-16-13-11-15-8-4-5-9-17(15)18-16;1-5(2,3)4/h1-13H;(H2,1,2,3,4)/b12-10+;. The highest BCUT2D eigenvalue weighted by molar-refractivity contribution is 7.79. The average Bonchev–Trinajstić information content (AvgIpc) is 2.52. The summed E-state index contributed by atoms with van der Waals surface area (Å²) in [7, 11) is -4.67. The van der Waals surface area contributed by atoms with Crippen molar-refractivity contribution in [3.05, 3.63) is 78.0 Å². The third-order valence-corrected chi connectivity index (χ3v) is 2.87. The molecule has 5 nitrogen and oxygen atoms in total. The molecule has 0 unspecified atom stereocenters. The number of aromatic nitrogens is 1. The number of para-hydroxylation sites is 1. The summed E-state index contributed by atoms with van der Waals surface area (Å²) in [6, 6.07) is 22.6. The first-order valence-electron chi connectivity index (χ1n) is 6.71. The van der Waals surface area contributed by atoms with E-state index < -0.39 is 10.4 Å². The van der Waals surface area contributed by atoms with Crippen LogP contribution in [0.25, 0.3) is 23.1 Å². The van der Waals surface area contributed by atoms with Gasteiger partial charge in [0.15, 0.2) is 0 Å². The van der Waals surface area contributed by atoms with Gasteiger partial charge in [-0.05, 0) is 23.8 Å². The van der Waals surface area contributed by atoms with Crippen LogP contribution >= 0.6 is 0 Å². The monoisotopic (exact) mass is 329 g/mol. The first kappa shape index (κ1) is 16.8.